The van der Waals surface area contributed by atoms with Crippen molar-refractivity contribution in [1.82, 2.24) is 4.98 Å². The molecule has 0 aliphatic carbocycles. The van der Waals surface area contributed by atoms with E-state index in [1.807, 2.05) is 0 Å². The minimum atomic E-state index is -3.41. The van der Waals surface area contributed by atoms with Gasteiger partial charge in [0.05, 0.1) is 24.9 Å². The number of phosphoric acid groups is 1. The molecular formula is C10H16AgN2O7P-. The number of nitrogens with zero attached hydrogens (tertiary/aromatic N) is 2. The topological polar surface area (TPSA) is 124 Å². The first-order valence-corrected chi connectivity index (χ1v) is 7.13. The van der Waals surface area contributed by atoms with E-state index in [9.17, 15) is 4.57 Å². The van der Waals surface area contributed by atoms with E-state index < -0.39 is 12.9 Å². The van der Waals surface area contributed by atoms with Gasteiger partial charge in [0.25, 0.3) is 0 Å². The van der Waals surface area contributed by atoms with Gasteiger partial charge in [0, 0.05) is 34.8 Å². The molecule has 0 saturated carbocycles. The van der Waals surface area contributed by atoms with Gasteiger partial charge in [0.2, 0.25) is 0 Å². The zero-order chi connectivity index (χ0) is 15.4. The molecule has 0 aromatic carbocycles. The molecule has 0 amide bonds. The first kappa shape index (κ1) is 22.5. The van der Waals surface area contributed by atoms with Crippen LogP contribution < -0.4 is 0 Å². The van der Waals surface area contributed by atoms with Crippen molar-refractivity contribution in [2.24, 2.45) is 0 Å². The molecule has 1 rings (SSSR count). The van der Waals surface area contributed by atoms with Crippen molar-refractivity contribution >= 4 is 7.82 Å². The van der Waals surface area contributed by atoms with Crippen molar-refractivity contribution in [3.05, 3.63) is 45.4 Å². The van der Waals surface area contributed by atoms with Gasteiger partial charge in [-0.15, -0.1) is 0 Å². The van der Waals surface area contributed by atoms with Gasteiger partial charge in [-0.3, -0.25) is 18.6 Å². The van der Waals surface area contributed by atoms with E-state index in [0.717, 1.165) is 5.56 Å². The molecule has 0 fully saturated rings. The maximum Gasteiger partial charge on any atom is 0.475 e. The Kier molecular flexibility index (Phi) is 13.8. The van der Waals surface area contributed by atoms with Crippen LogP contribution in [0, 0.1) is 15.3 Å². The van der Waals surface area contributed by atoms with Crippen LogP contribution in [-0.4, -0.2) is 23.3 Å². The Morgan fingerprint density at radius 1 is 1.14 bits per heavy atom. The summed E-state index contributed by atoms with van der Waals surface area (Å²) in [6, 6.07) is 3.56. The molecule has 1 aromatic heterocycles. The molecule has 0 unspecified atom stereocenters. The van der Waals surface area contributed by atoms with E-state index in [2.05, 4.69) is 4.98 Å². The Morgan fingerprint density at radius 2 is 1.57 bits per heavy atom. The fraction of sp³-hybridized carbons (Fsp3) is 0.500. The van der Waals surface area contributed by atoms with E-state index in [1.54, 1.807) is 38.4 Å². The normalized spacial score (nSPS) is 10.0. The number of hydrogen-bond acceptors (Lipinski definition) is 8. The third-order valence-electron chi connectivity index (χ3n) is 1.71. The van der Waals surface area contributed by atoms with Gasteiger partial charge >= 0.3 is 7.82 Å². The molecule has 1 radical (unpaired) electrons. The number of phosphoric ester groups is 1. The van der Waals surface area contributed by atoms with Gasteiger partial charge < -0.3 is 15.3 Å². The van der Waals surface area contributed by atoms with Crippen LogP contribution in [-0.2, 0) is 47.1 Å². The summed E-state index contributed by atoms with van der Waals surface area (Å²) in [5.74, 6) is 0. The summed E-state index contributed by atoms with van der Waals surface area (Å²) in [5, 5.41) is 14.8. The monoisotopic (exact) mass is 414 g/mol. The van der Waals surface area contributed by atoms with Crippen LogP contribution >= 0.6 is 7.82 Å². The van der Waals surface area contributed by atoms with Crippen LogP contribution in [0.3, 0.4) is 0 Å². The number of rotatable bonds is 7. The van der Waals surface area contributed by atoms with Gasteiger partial charge in [0.15, 0.2) is 0 Å². The van der Waals surface area contributed by atoms with Crippen molar-refractivity contribution in [1.29, 1.82) is 0 Å². The smallest absolute Gasteiger partial charge is 0.356 e. The summed E-state index contributed by atoms with van der Waals surface area (Å²) in [6.07, 6.45) is 3.29. The minimum absolute atomic E-state index is 0. The second kappa shape index (κ2) is 12.9. The molecule has 0 bridgehead atoms. The van der Waals surface area contributed by atoms with Crippen LogP contribution in [0.4, 0.5) is 0 Å². The fourth-order valence-corrected chi connectivity index (χ4v) is 2.22. The first-order valence-electron chi connectivity index (χ1n) is 5.67. The van der Waals surface area contributed by atoms with E-state index in [0.29, 0.717) is 0 Å². The summed E-state index contributed by atoms with van der Waals surface area (Å²) < 4.78 is 27.1. The summed E-state index contributed by atoms with van der Waals surface area (Å²) in [6.45, 7) is 4.23. The van der Waals surface area contributed by atoms with E-state index >= 15 is 0 Å². The molecule has 0 aliphatic heterocycles. The minimum Gasteiger partial charge on any atom is -0.356 e. The van der Waals surface area contributed by atoms with E-state index in [4.69, 9.17) is 28.9 Å². The molecule has 0 aliphatic rings. The third-order valence-corrected chi connectivity index (χ3v) is 3.31. The molecule has 11 heteroatoms. The molecule has 125 valence electrons. The zero-order valence-electron chi connectivity index (χ0n) is 11.4. The maximum atomic E-state index is 11.9. The predicted octanol–water partition coefficient (Wildman–Crippen LogP) is 2.54. The summed E-state index contributed by atoms with van der Waals surface area (Å²) in [5.41, 5.74) is 0.870. The quantitative estimate of drug-likeness (QED) is 0.288. The molecule has 0 atom stereocenters. The molecule has 21 heavy (non-hydrogen) atoms. The van der Waals surface area contributed by atoms with Crippen molar-refractivity contribution in [3.8, 4) is 0 Å². The Morgan fingerprint density at radius 3 is 1.95 bits per heavy atom. The van der Waals surface area contributed by atoms with Crippen LogP contribution in [0.2, 0.25) is 0 Å². The molecule has 9 nitrogen and oxygen atoms in total. The number of hydrogen-bond donors (Lipinski definition) is 0. The second-order valence-electron chi connectivity index (χ2n) is 3.14. The Labute approximate surface area is 137 Å². The summed E-state index contributed by atoms with van der Waals surface area (Å²) in [7, 11) is -3.41. The average Bonchev–Trinajstić information content (AvgIpc) is 2.38. The predicted molar refractivity (Wildman–Crippen MR) is 70.2 cm³/mol. The standard InChI is InChI=1S/C10H16NO4P.Ag.NO3/c1-3-13-16(12,14-4-2)15-9-10-5-7-11-8-6-10;;2-1(3)4/h5-8H,3-4,9H2,1-2H3;;/q;;-1. The van der Waals surface area contributed by atoms with Gasteiger partial charge in [-0.1, -0.05) is 0 Å². The van der Waals surface area contributed by atoms with Gasteiger partial charge in [0.1, 0.15) is 0 Å². The summed E-state index contributed by atoms with van der Waals surface area (Å²) in [4.78, 5) is 12.1. The Balaban J connectivity index is 0. The molecule has 0 N–H and O–H groups in total. The Hall–Kier alpha value is -0.800. The van der Waals surface area contributed by atoms with Gasteiger partial charge in [-0.2, -0.15) is 0 Å². The first-order chi connectivity index (χ1) is 9.43. The molecule has 0 spiro atoms. The van der Waals surface area contributed by atoms with Gasteiger partial charge in [-0.05, 0) is 31.5 Å². The van der Waals surface area contributed by atoms with Crippen molar-refractivity contribution < 1.29 is 45.6 Å². The third kappa shape index (κ3) is 12.6. The largest absolute Gasteiger partial charge is 0.475 e. The van der Waals surface area contributed by atoms with Crippen LogP contribution in [0.15, 0.2) is 24.5 Å². The molecule has 0 saturated heterocycles. The number of aromatic nitrogens is 1. The number of pyridine rings is 1. The van der Waals surface area contributed by atoms with Crippen molar-refractivity contribution in [3.63, 3.8) is 0 Å². The van der Waals surface area contributed by atoms with Crippen molar-refractivity contribution in [2.75, 3.05) is 13.2 Å². The molecule has 1 heterocycles. The van der Waals surface area contributed by atoms with Crippen LogP contribution in [0.25, 0.3) is 0 Å². The fourth-order valence-electron chi connectivity index (χ4n) is 1.06. The van der Waals surface area contributed by atoms with Gasteiger partial charge in [-0.25, -0.2) is 4.57 Å². The SMILES string of the molecule is CCOP(=O)(OCC)OCc1ccncc1.O=[N+]([O-])[O-].[Ag]. The average molecular weight is 415 g/mol. The Bertz CT molecular complexity index is 421. The van der Waals surface area contributed by atoms with E-state index in [1.165, 1.54) is 0 Å². The molecular weight excluding hydrogens is 399 g/mol. The van der Waals surface area contributed by atoms with Crippen LogP contribution in [0.1, 0.15) is 19.4 Å². The van der Waals surface area contributed by atoms with Crippen molar-refractivity contribution in [2.45, 2.75) is 20.5 Å². The van der Waals surface area contributed by atoms with Crippen LogP contribution in [0.5, 0.6) is 0 Å². The maximum absolute atomic E-state index is 11.9. The second-order valence-corrected chi connectivity index (χ2v) is 4.80. The van der Waals surface area contributed by atoms with E-state index in [-0.39, 0.29) is 42.2 Å². The summed E-state index contributed by atoms with van der Waals surface area (Å²) >= 11 is 0. The zero-order valence-corrected chi connectivity index (χ0v) is 13.8. The molecule has 1 aromatic rings.